The minimum atomic E-state index is -0.380. The van der Waals surface area contributed by atoms with Gasteiger partial charge in [0.2, 0.25) is 0 Å². The fourth-order valence-corrected chi connectivity index (χ4v) is 2.19. The molecular formula is C15H9F2NOS. The third-order valence-electron chi connectivity index (χ3n) is 2.85. The summed E-state index contributed by atoms with van der Waals surface area (Å²) in [6.45, 7) is 0. The average molecular weight is 289 g/mol. The molecule has 0 fully saturated rings. The number of nitrogens with one attached hydrogen (secondary N) is 1. The molecule has 0 saturated heterocycles. The molecule has 2 nitrogen and oxygen atoms in total. The van der Waals surface area contributed by atoms with Crippen molar-refractivity contribution in [3.63, 3.8) is 0 Å². The van der Waals surface area contributed by atoms with Crippen LogP contribution in [0.25, 0.3) is 22.6 Å². The predicted octanol–water partition coefficient (Wildman–Crippen LogP) is 4.95. The first-order chi connectivity index (χ1) is 9.63. The number of hydrogen-bond donors (Lipinski definition) is 1. The molecule has 3 rings (SSSR count). The van der Waals surface area contributed by atoms with Crippen LogP contribution in [-0.4, -0.2) is 4.98 Å². The van der Waals surface area contributed by atoms with E-state index in [1.54, 1.807) is 24.3 Å². The van der Waals surface area contributed by atoms with Gasteiger partial charge in [0.25, 0.3) is 4.84 Å². The van der Waals surface area contributed by atoms with E-state index in [4.69, 9.17) is 16.6 Å². The first-order valence-corrected chi connectivity index (χ1v) is 6.29. The highest BCUT2D eigenvalue weighted by Gasteiger charge is 2.14. The lowest BCUT2D eigenvalue weighted by atomic mass is 10.1. The zero-order chi connectivity index (χ0) is 14.1. The molecular weight excluding hydrogens is 280 g/mol. The van der Waals surface area contributed by atoms with E-state index >= 15 is 0 Å². The van der Waals surface area contributed by atoms with Gasteiger partial charge >= 0.3 is 0 Å². The third-order valence-corrected chi connectivity index (χ3v) is 3.03. The number of halogens is 2. The van der Waals surface area contributed by atoms with E-state index in [0.717, 1.165) is 0 Å². The minimum Gasteiger partial charge on any atom is -0.429 e. The minimum absolute atomic E-state index is 0.156. The quantitative estimate of drug-likeness (QED) is 0.676. The van der Waals surface area contributed by atoms with Crippen molar-refractivity contribution in [2.75, 3.05) is 0 Å². The lowest BCUT2D eigenvalue weighted by Gasteiger charge is -2.02. The Morgan fingerprint density at radius 2 is 1.50 bits per heavy atom. The summed E-state index contributed by atoms with van der Waals surface area (Å²) in [5, 5.41) is 0. The summed E-state index contributed by atoms with van der Waals surface area (Å²) in [6.07, 6.45) is 0. The summed E-state index contributed by atoms with van der Waals surface area (Å²) >= 11 is 4.98. The van der Waals surface area contributed by atoms with Crippen LogP contribution in [0.1, 0.15) is 0 Å². The van der Waals surface area contributed by atoms with Gasteiger partial charge in [-0.2, -0.15) is 0 Å². The Labute approximate surface area is 118 Å². The Balaban J connectivity index is 2.21. The van der Waals surface area contributed by atoms with Crippen molar-refractivity contribution in [2.24, 2.45) is 0 Å². The summed E-state index contributed by atoms with van der Waals surface area (Å²) in [5.74, 6) is -0.358. The number of hydrogen-bond acceptors (Lipinski definition) is 2. The SMILES string of the molecule is Fc1cccc(-c2[nH]c(=S)oc2-c2cccc(F)c2)c1. The van der Waals surface area contributed by atoms with Crippen molar-refractivity contribution in [2.45, 2.75) is 0 Å². The first-order valence-electron chi connectivity index (χ1n) is 5.88. The van der Waals surface area contributed by atoms with Gasteiger partial charge in [-0.25, -0.2) is 8.78 Å². The summed E-state index contributed by atoms with van der Waals surface area (Å²) in [6, 6.07) is 12.0. The molecule has 1 heterocycles. The zero-order valence-electron chi connectivity index (χ0n) is 10.2. The van der Waals surface area contributed by atoms with E-state index in [9.17, 15) is 8.78 Å². The van der Waals surface area contributed by atoms with Crippen molar-refractivity contribution in [3.05, 3.63) is 65.0 Å². The van der Waals surface area contributed by atoms with Crippen LogP contribution in [0.3, 0.4) is 0 Å². The van der Waals surface area contributed by atoms with Gasteiger partial charge in [-0.3, -0.25) is 0 Å². The molecule has 0 aliphatic carbocycles. The molecule has 0 saturated carbocycles. The molecule has 0 aliphatic rings. The van der Waals surface area contributed by atoms with Gasteiger partial charge in [0.15, 0.2) is 5.76 Å². The van der Waals surface area contributed by atoms with Crippen molar-refractivity contribution in [1.29, 1.82) is 0 Å². The van der Waals surface area contributed by atoms with E-state index in [1.807, 2.05) is 0 Å². The second-order valence-corrected chi connectivity index (χ2v) is 4.61. The highest BCUT2D eigenvalue weighted by atomic mass is 32.1. The molecule has 0 spiro atoms. The maximum Gasteiger partial charge on any atom is 0.266 e. The van der Waals surface area contributed by atoms with Crippen LogP contribution in [0.2, 0.25) is 0 Å². The van der Waals surface area contributed by atoms with E-state index in [0.29, 0.717) is 22.6 Å². The Bertz CT molecular complexity index is 756. The van der Waals surface area contributed by atoms with Crippen LogP contribution in [0, 0.1) is 16.5 Å². The molecule has 1 aromatic heterocycles. The Kier molecular flexibility index (Phi) is 3.20. The van der Waals surface area contributed by atoms with Crippen molar-refractivity contribution in [3.8, 4) is 22.6 Å². The Morgan fingerprint density at radius 1 is 0.900 bits per heavy atom. The molecule has 0 aliphatic heterocycles. The van der Waals surface area contributed by atoms with Crippen LogP contribution in [-0.2, 0) is 0 Å². The van der Waals surface area contributed by atoms with Crippen molar-refractivity contribution < 1.29 is 13.2 Å². The molecule has 1 N–H and O–H groups in total. The highest BCUT2D eigenvalue weighted by Crippen LogP contribution is 2.32. The smallest absolute Gasteiger partial charge is 0.266 e. The second-order valence-electron chi connectivity index (χ2n) is 4.24. The topological polar surface area (TPSA) is 28.9 Å². The normalized spacial score (nSPS) is 10.7. The monoisotopic (exact) mass is 289 g/mol. The fraction of sp³-hybridized carbons (Fsp3) is 0. The first kappa shape index (κ1) is 12.7. The van der Waals surface area contributed by atoms with Gasteiger partial charge in [0, 0.05) is 11.1 Å². The number of aromatic amines is 1. The lowest BCUT2D eigenvalue weighted by Crippen LogP contribution is -1.84. The van der Waals surface area contributed by atoms with Crippen LogP contribution >= 0.6 is 12.2 Å². The van der Waals surface area contributed by atoms with Gasteiger partial charge in [0.05, 0.1) is 5.69 Å². The number of H-pyrrole nitrogens is 1. The van der Waals surface area contributed by atoms with E-state index in [-0.39, 0.29) is 16.5 Å². The molecule has 3 aromatic rings. The summed E-state index contributed by atoms with van der Waals surface area (Å²) in [4.78, 5) is 3.02. The number of rotatable bonds is 2. The molecule has 0 bridgehead atoms. The largest absolute Gasteiger partial charge is 0.429 e. The molecule has 0 atom stereocenters. The second kappa shape index (κ2) is 5.02. The van der Waals surface area contributed by atoms with Crippen LogP contribution in [0.15, 0.2) is 52.9 Å². The fourth-order valence-electron chi connectivity index (χ4n) is 2.01. The zero-order valence-corrected chi connectivity index (χ0v) is 11.0. The lowest BCUT2D eigenvalue weighted by molar-refractivity contribution is 0.553. The van der Waals surface area contributed by atoms with Crippen molar-refractivity contribution >= 4 is 12.2 Å². The van der Waals surface area contributed by atoms with Crippen LogP contribution < -0.4 is 0 Å². The highest BCUT2D eigenvalue weighted by molar-refractivity contribution is 7.71. The van der Waals surface area contributed by atoms with Gasteiger partial charge in [-0.1, -0.05) is 24.3 Å². The maximum absolute atomic E-state index is 13.3. The van der Waals surface area contributed by atoms with E-state index < -0.39 is 0 Å². The molecule has 0 unspecified atom stereocenters. The summed E-state index contributed by atoms with van der Waals surface area (Å²) in [7, 11) is 0. The molecule has 20 heavy (non-hydrogen) atoms. The predicted molar refractivity (Wildman–Crippen MR) is 74.7 cm³/mol. The molecule has 2 aromatic carbocycles. The molecule has 5 heteroatoms. The number of oxazole rings is 1. The molecule has 0 amide bonds. The number of aromatic nitrogens is 1. The van der Waals surface area contributed by atoms with Gasteiger partial charge in [-0.05, 0) is 36.5 Å². The number of benzene rings is 2. The Morgan fingerprint density at radius 3 is 2.15 bits per heavy atom. The van der Waals surface area contributed by atoms with Crippen LogP contribution in [0.5, 0.6) is 0 Å². The average Bonchev–Trinajstić information content (AvgIpc) is 2.81. The van der Waals surface area contributed by atoms with Crippen molar-refractivity contribution in [1.82, 2.24) is 4.98 Å². The standard InChI is InChI=1S/C15H9F2NOS/c16-11-5-1-3-9(7-11)13-14(19-15(20)18-13)10-4-2-6-12(17)8-10/h1-8H,(H,18,20). The van der Waals surface area contributed by atoms with Gasteiger partial charge in [0.1, 0.15) is 11.6 Å². The molecule has 100 valence electrons. The van der Waals surface area contributed by atoms with E-state index in [2.05, 4.69) is 4.98 Å². The van der Waals surface area contributed by atoms with Crippen LogP contribution in [0.4, 0.5) is 8.78 Å². The van der Waals surface area contributed by atoms with Gasteiger partial charge in [-0.15, -0.1) is 0 Å². The third kappa shape index (κ3) is 2.40. The summed E-state index contributed by atoms with van der Waals surface area (Å²) in [5.41, 5.74) is 1.65. The van der Waals surface area contributed by atoms with Gasteiger partial charge < -0.3 is 9.40 Å². The maximum atomic E-state index is 13.3. The molecule has 0 radical (unpaired) electrons. The summed E-state index contributed by atoms with van der Waals surface area (Å²) < 4.78 is 32.1. The van der Waals surface area contributed by atoms with E-state index in [1.165, 1.54) is 24.3 Å². The Hall–Kier alpha value is -2.27.